The summed E-state index contributed by atoms with van der Waals surface area (Å²) in [5, 5.41) is 0.707. The Hall–Kier alpha value is -1.91. The van der Waals surface area contributed by atoms with E-state index in [0.29, 0.717) is 27.1 Å². The Bertz CT molecular complexity index is 700. The van der Waals surface area contributed by atoms with Gasteiger partial charge in [0.2, 0.25) is 6.79 Å². The van der Waals surface area contributed by atoms with Crippen LogP contribution in [0.4, 0.5) is 0 Å². The number of fused-ring (bicyclic) bond motifs is 1. The van der Waals surface area contributed by atoms with Crippen LogP contribution in [-0.4, -0.2) is 12.8 Å². The second kappa shape index (κ2) is 5.84. The van der Waals surface area contributed by atoms with Gasteiger partial charge in [-0.25, -0.2) is 4.79 Å². The molecule has 6 heteroatoms. The Morgan fingerprint density at radius 3 is 2.67 bits per heavy atom. The summed E-state index contributed by atoms with van der Waals surface area (Å²) >= 11 is 11.7. The minimum Gasteiger partial charge on any atom is -0.457 e. The van der Waals surface area contributed by atoms with E-state index in [1.54, 1.807) is 24.3 Å². The van der Waals surface area contributed by atoms with Crippen LogP contribution in [0, 0.1) is 0 Å². The third-order valence-electron chi connectivity index (χ3n) is 2.96. The molecule has 3 rings (SSSR count). The molecule has 0 radical (unpaired) electrons. The normalized spacial score (nSPS) is 12.3. The third-order valence-corrected chi connectivity index (χ3v) is 3.70. The Kier molecular flexibility index (Phi) is 3.90. The van der Waals surface area contributed by atoms with Gasteiger partial charge in [0.05, 0.1) is 15.6 Å². The summed E-state index contributed by atoms with van der Waals surface area (Å²) in [6, 6.07) is 9.98. The maximum atomic E-state index is 11.9. The molecule has 1 heterocycles. The number of ether oxygens (including phenoxy) is 3. The van der Waals surface area contributed by atoms with Crippen molar-refractivity contribution < 1.29 is 19.0 Å². The van der Waals surface area contributed by atoms with Gasteiger partial charge in [0, 0.05) is 0 Å². The van der Waals surface area contributed by atoms with E-state index in [2.05, 4.69) is 0 Å². The molecule has 0 aliphatic carbocycles. The predicted molar refractivity (Wildman–Crippen MR) is 78.1 cm³/mol. The van der Waals surface area contributed by atoms with Crippen LogP contribution < -0.4 is 9.47 Å². The molecular weight excluding hydrogens is 315 g/mol. The maximum Gasteiger partial charge on any atom is 0.338 e. The zero-order valence-electron chi connectivity index (χ0n) is 10.8. The van der Waals surface area contributed by atoms with Gasteiger partial charge in [-0.2, -0.15) is 0 Å². The fourth-order valence-electron chi connectivity index (χ4n) is 1.89. The van der Waals surface area contributed by atoms with Gasteiger partial charge in [-0.05, 0) is 35.9 Å². The van der Waals surface area contributed by atoms with Crippen LogP contribution in [-0.2, 0) is 11.3 Å². The molecule has 1 aliphatic rings. The maximum absolute atomic E-state index is 11.9. The molecule has 108 valence electrons. The lowest BCUT2D eigenvalue weighted by Gasteiger charge is -2.06. The summed E-state index contributed by atoms with van der Waals surface area (Å²) in [7, 11) is 0. The molecular formula is C15H10Cl2O4. The van der Waals surface area contributed by atoms with E-state index in [1.807, 2.05) is 6.07 Å². The molecule has 0 unspecified atom stereocenters. The smallest absolute Gasteiger partial charge is 0.338 e. The second-order valence-electron chi connectivity index (χ2n) is 4.39. The molecule has 2 aromatic rings. The van der Waals surface area contributed by atoms with Crippen molar-refractivity contribution in [2.75, 3.05) is 6.79 Å². The fourth-order valence-corrected chi connectivity index (χ4v) is 2.18. The standard InChI is InChI=1S/C15H10Cl2O4/c16-11-3-2-10(6-12(11)17)15(18)19-7-9-1-4-13-14(5-9)21-8-20-13/h1-6H,7-8H2. The minimum atomic E-state index is -0.466. The van der Waals surface area contributed by atoms with Crippen LogP contribution in [0.2, 0.25) is 10.0 Å². The van der Waals surface area contributed by atoms with Gasteiger partial charge in [-0.15, -0.1) is 0 Å². The lowest BCUT2D eigenvalue weighted by molar-refractivity contribution is 0.0472. The Labute approximate surface area is 131 Å². The summed E-state index contributed by atoms with van der Waals surface area (Å²) in [5.74, 6) is 0.874. The number of hydrogen-bond acceptors (Lipinski definition) is 4. The van der Waals surface area contributed by atoms with E-state index < -0.39 is 5.97 Å². The minimum absolute atomic E-state index is 0.135. The Morgan fingerprint density at radius 1 is 1.05 bits per heavy atom. The first-order chi connectivity index (χ1) is 10.1. The van der Waals surface area contributed by atoms with Crippen molar-refractivity contribution in [2.45, 2.75) is 6.61 Å². The highest BCUT2D eigenvalue weighted by molar-refractivity contribution is 6.42. The molecule has 0 fully saturated rings. The molecule has 0 saturated heterocycles. The van der Waals surface area contributed by atoms with E-state index in [-0.39, 0.29) is 13.4 Å². The number of carbonyl (C=O) groups is 1. The van der Waals surface area contributed by atoms with E-state index in [0.717, 1.165) is 5.56 Å². The summed E-state index contributed by atoms with van der Waals surface area (Å²) in [6.07, 6.45) is 0. The second-order valence-corrected chi connectivity index (χ2v) is 5.21. The monoisotopic (exact) mass is 324 g/mol. The van der Waals surface area contributed by atoms with Gasteiger partial charge in [0.1, 0.15) is 6.61 Å². The quantitative estimate of drug-likeness (QED) is 0.798. The lowest BCUT2D eigenvalue weighted by atomic mass is 10.2. The lowest BCUT2D eigenvalue weighted by Crippen LogP contribution is -2.05. The average molecular weight is 325 g/mol. The van der Waals surface area contributed by atoms with Crippen LogP contribution in [0.25, 0.3) is 0 Å². The van der Waals surface area contributed by atoms with Crippen molar-refractivity contribution >= 4 is 29.2 Å². The van der Waals surface area contributed by atoms with E-state index in [9.17, 15) is 4.79 Å². The first kappa shape index (κ1) is 14.0. The molecule has 0 aromatic heterocycles. The van der Waals surface area contributed by atoms with E-state index in [1.165, 1.54) is 6.07 Å². The molecule has 0 bridgehead atoms. The Morgan fingerprint density at radius 2 is 1.86 bits per heavy atom. The molecule has 2 aromatic carbocycles. The number of carbonyl (C=O) groups excluding carboxylic acids is 1. The largest absolute Gasteiger partial charge is 0.457 e. The predicted octanol–water partition coefficient (Wildman–Crippen LogP) is 4.08. The highest BCUT2D eigenvalue weighted by Gasteiger charge is 2.14. The number of rotatable bonds is 3. The number of esters is 1. The van der Waals surface area contributed by atoms with Gasteiger partial charge in [-0.1, -0.05) is 29.3 Å². The van der Waals surface area contributed by atoms with E-state index in [4.69, 9.17) is 37.4 Å². The van der Waals surface area contributed by atoms with Gasteiger partial charge in [0.15, 0.2) is 11.5 Å². The highest BCUT2D eigenvalue weighted by Crippen LogP contribution is 2.32. The van der Waals surface area contributed by atoms with Gasteiger partial charge >= 0.3 is 5.97 Å². The van der Waals surface area contributed by atoms with E-state index >= 15 is 0 Å². The third kappa shape index (κ3) is 3.06. The number of hydrogen-bond donors (Lipinski definition) is 0. The number of halogens is 2. The molecule has 0 atom stereocenters. The van der Waals surface area contributed by atoms with Gasteiger partial charge < -0.3 is 14.2 Å². The SMILES string of the molecule is O=C(OCc1ccc2c(c1)OCO2)c1ccc(Cl)c(Cl)c1. The van der Waals surface area contributed by atoms with Crippen LogP contribution in [0.1, 0.15) is 15.9 Å². The van der Waals surface area contributed by atoms with Crippen molar-refractivity contribution in [1.82, 2.24) is 0 Å². The van der Waals surface area contributed by atoms with Crippen molar-refractivity contribution in [3.05, 3.63) is 57.6 Å². The van der Waals surface area contributed by atoms with Crippen molar-refractivity contribution in [3.63, 3.8) is 0 Å². The molecule has 0 saturated carbocycles. The fraction of sp³-hybridized carbons (Fsp3) is 0.133. The summed E-state index contributed by atoms with van der Waals surface area (Å²) in [4.78, 5) is 11.9. The zero-order valence-corrected chi connectivity index (χ0v) is 12.3. The Balaban J connectivity index is 1.67. The molecule has 1 aliphatic heterocycles. The summed E-state index contributed by atoms with van der Waals surface area (Å²) in [6.45, 7) is 0.345. The molecule has 0 spiro atoms. The van der Waals surface area contributed by atoms with Crippen LogP contribution in [0.5, 0.6) is 11.5 Å². The molecule has 21 heavy (non-hydrogen) atoms. The molecule has 0 amide bonds. The van der Waals surface area contributed by atoms with Crippen molar-refractivity contribution in [1.29, 1.82) is 0 Å². The van der Waals surface area contributed by atoms with Crippen molar-refractivity contribution in [3.8, 4) is 11.5 Å². The van der Waals surface area contributed by atoms with Gasteiger partial charge in [0.25, 0.3) is 0 Å². The topological polar surface area (TPSA) is 44.8 Å². The van der Waals surface area contributed by atoms with Crippen molar-refractivity contribution in [2.24, 2.45) is 0 Å². The van der Waals surface area contributed by atoms with Crippen LogP contribution in [0.3, 0.4) is 0 Å². The average Bonchev–Trinajstić information content (AvgIpc) is 2.95. The first-order valence-corrected chi connectivity index (χ1v) is 6.90. The first-order valence-electron chi connectivity index (χ1n) is 6.14. The van der Waals surface area contributed by atoms with Crippen LogP contribution >= 0.6 is 23.2 Å². The molecule has 4 nitrogen and oxygen atoms in total. The molecule has 0 N–H and O–H groups in total. The summed E-state index contributed by atoms with van der Waals surface area (Å²) in [5.41, 5.74) is 1.16. The van der Waals surface area contributed by atoms with Gasteiger partial charge in [-0.3, -0.25) is 0 Å². The zero-order chi connectivity index (χ0) is 14.8. The van der Waals surface area contributed by atoms with Crippen LogP contribution in [0.15, 0.2) is 36.4 Å². The highest BCUT2D eigenvalue weighted by atomic mass is 35.5. The number of benzene rings is 2. The summed E-state index contributed by atoms with van der Waals surface area (Å²) < 4.78 is 15.7.